The molecule has 6 nitrogen and oxygen atoms in total. The first-order valence-electron chi connectivity index (χ1n) is 8.95. The molecule has 0 bridgehead atoms. The Hall–Kier alpha value is -3.26. The number of halogens is 1. The van der Waals surface area contributed by atoms with Crippen LogP contribution in [-0.4, -0.2) is 32.4 Å². The van der Waals surface area contributed by atoms with Crippen LogP contribution in [0, 0.1) is 5.82 Å². The zero-order chi connectivity index (χ0) is 20.1. The van der Waals surface area contributed by atoms with Gasteiger partial charge in [0.2, 0.25) is 5.91 Å². The molecule has 1 saturated heterocycles. The smallest absolute Gasteiger partial charge is 0.242 e. The summed E-state index contributed by atoms with van der Waals surface area (Å²) in [6.45, 7) is 0.278. The van der Waals surface area contributed by atoms with Crippen molar-refractivity contribution in [1.29, 1.82) is 0 Å². The molecule has 0 saturated carbocycles. The lowest BCUT2D eigenvalue weighted by molar-refractivity contribution is -0.126. The average molecular weight is 408 g/mol. The molecular formula is C21H17FN4O2S. The molecule has 0 N–H and O–H groups in total. The molecule has 29 heavy (non-hydrogen) atoms. The topological polar surface area (TPSA) is 71.1 Å². The van der Waals surface area contributed by atoms with Gasteiger partial charge in [-0.1, -0.05) is 30.0 Å². The van der Waals surface area contributed by atoms with Gasteiger partial charge >= 0.3 is 0 Å². The van der Waals surface area contributed by atoms with Crippen molar-refractivity contribution < 1.29 is 13.6 Å². The molecule has 0 radical (unpaired) electrons. The summed E-state index contributed by atoms with van der Waals surface area (Å²) in [7, 11) is 0. The van der Waals surface area contributed by atoms with Gasteiger partial charge in [0.1, 0.15) is 11.6 Å². The lowest BCUT2D eigenvalue weighted by atomic mass is 10.1. The van der Waals surface area contributed by atoms with Crippen LogP contribution in [0.1, 0.15) is 16.9 Å². The SMILES string of the molecule is O=C1C(Cc2ccc(F)cc2)SC(=NN=Cc2cccnc2)N1Cc1ccco1. The monoisotopic (exact) mass is 408 g/mol. The van der Waals surface area contributed by atoms with Gasteiger partial charge in [0.15, 0.2) is 5.17 Å². The third-order valence-corrected chi connectivity index (χ3v) is 5.45. The Morgan fingerprint density at radius 2 is 2.07 bits per heavy atom. The number of thioether (sulfide) groups is 1. The minimum absolute atomic E-state index is 0.0777. The molecule has 1 atom stereocenters. The van der Waals surface area contributed by atoms with E-state index in [2.05, 4.69) is 15.2 Å². The van der Waals surface area contributed by atoms with E-state index in [4.69, 9.17) is 4.42 Å². The fourth-order valence-corrected chi connectivity index (χ4v) is 3.99. The summed E-state index contributed by atoms with van der Waals surface area (Å²) in [6, 6.07) is 13.4. The molecule has 1 unspecified atom stereocenters. The van der Waals surface area contributed by atoms with E-state index in [1.807, 2.05) is 18.2 Å². The predicted molar refractivity (Wildman–Crippen MR) is 110 cm³/mol. The first-order chi connectivity index (χ1) is 14.2. The van der Waals surface area contributed by atoms with Crippen molar-refractivity contribution >= 4 is 29.1 Å². The Labute approximate surface area is 171 Å². The lowest BCUT2D eigenvalue weighted by Gasteiger charge is -2.14. The summed E-state index contributed by atoms with van der Waals surface area (Å²) in [5, 5.41) is 8.52. The number of nitrogens with zero attached hydrogens (tertiary/aromatic N) is 4. The van der Waals surface area contributed by atoms with Crippen LogP contribution in [0.5, 0.6) is 0 Å². The highest BCUT2D eigenvalue weighted by Gasteiger charge is 2.38. The second-order valence-electron chi connectivity index (χ2n) is 6.35. The number of aromatic nitrogens is 1. The van der Waals surface area contributed by atoms with Crippen LogP contribution < -0.4 is 0 Å². The maximum atomic E-state index is 13.2. The number of amides is 1. The molecule has 4 rings (SSSR count). The highest BCUT2D eigenvalue weighted by molar-refractivity contribution is 8.15. The molecular weight excluding hydrogens is 391 g/mol. The zero-order valence-corrected chi connectivity index (χ0v) is 16.1. The van der Waals surface area contributed by atoms with E-state index in [1.165, 1.54) is 23.9 Å². The Balaban J connectivity index is 1.54. The number of furan rings is 1. The van der Waals surface area contributed by atoms with Crippen LogP contribution in [0.3, 0.4) is 0 Å². The fraction of sp³-hybridized carbons (Fsp3) is 0.143. The second-order valence-corrected chi connectivity index (χ2v) is 7.52. The summed E-state index contributed by atoms with van der Waals surface area (Å²) in [6.07, 6.45) is 6.98. The molecule has 146 valence electrons. The van der Waals surface area contributed by atoms with Gasteiger partial charge in [-0.3, -0.25) is 14.7 Å². The molecule has 2 aromatic heterocycles. The summed E-state index contributed by atoms with van der Waals surface area (Å²) in [4.78, 5) is 18.6. The average Bonchev–Trinajstić information content (AvgIpc) is 3.35. The van der Waals surface area contributed by atoms with E-state index >= 15 is 0 Å². The number of hydrogen-bond acceptors (Lipinski definition) is 6. The van der Waals surface area contributed by atoms with Crippen LogP contribution in [0.15, 0.2) is 81.8 Å². The van der Waals surface area contributed by atoms with Crippen molar-refractivity contribution in [2.24, 2.45) is 10.2 Å². The minimum atomic E-state index is -0.359. The molecule has 0 aliphatic carbocycles. The van der Waals surface area contributed by atoms with Gasteiger partial charge in [-0.05, 0) is 42.3 Å². The standard InChI is InChI=1S/C21H17FN4O2S/c22-17-7-5-15(6-8-17)11-19-20(27)26(14-18-4-2-10-28-18)21(29-19)25-24-13-16-3-1-9-23-12-16/h1-10,12-13,19H,11,14H2. The summed E-state index contributed by atoms with van der Waals surface area (Å²) in [5.74, 6) is 0.280. The molecule has 1 amide bonds. The van der Waals surface area contributed by atoms with Crippen molar-refractivity contribution in [3.63, 3.8) is 0 Å². The van der Waals surface area contributed by atoms with Gasteiger partial charge in [0.05, 0.1) is 24.3 Å². The van der Waals surface area contributed by atoms with E-state index in [1.54, 1.807) is 48.0 Å². The number of pyridine rings is 1. The number of carbonyl (C=O) groups is 1. The van der Waals surface area contributed by atoms with Crippen LogP contribution in [-0.2, 0) is 17.8 Å². The third-order valence-electron chi connectivity index (χ3n) is 4.28. The Bertz CT molecular complexity index is 1020. The lowest BCUT2D eigenvalue weighted by Crippen LogP contribution is -2.32. The summed E-state index contributed by atoms with van der Waals surface area (Å²) in [5.41, 5.74) is 1.70. The van der Waals surface area contributed by atoms with Crippen molar-refractivity contribution in [2.75, 3.05) is 0 Å². The molecule has 1 aliphatic rings. The molecule has 1 aliphatic heterocycles. The van der Waals surface area contributed by atoms with Gasteiger partial charge in [0.25, 0.3) is 0 Å². The fourth-order valence-electron chi connectivity index (χ4n) is 2.85. The highest BCUT2D eigenvalue weighted by Crippen LogP contribution is 2.31. The van der Waals surface area contributed by atoms with Crippen molar-refractivity contribution in [3.05, 3.63) is 89.9 Å². The molecule has 0 spiro atoms. The zero-order valence-electron chi connectivity index (χ0n) is 15.3. The van der Waals surface area contributed by atoms with Gasteiger partial charge in [-0.2, -0.15) is 5.10 Å². The molecule has 3 heterocycles. The normalized spacial score (nSPS) is 18.2. The summed E-state index contributed by atoms with van der Waals surface area (Å²) >= 11 is 1.34. The maximum Gasteiger partial charge on any atom is 0.242 e. The number of rotatable bonds is 6. The van der Waals surface area contributed by atoms with E-state index in [-0.39, 0.29) is 23.5 Å². The van der Waals surface area contributed by atoms with E-state index in [0.717, 1.165) is 11.1 Å². The molecule has 3 aromatic rings. The van der Waals surface area contributed by atoms with Gasteiger partial charge in [0, 0.05) is 18.0 Å². The maximum absolute atomic E-state index is 13.2. The number of amidine groups is 1. The van der Waals surface area contributed by atoms with Crippen LogP contribution >= 0.6 is 11.8 Å². The predicted octanol–water partition coefficient (Wildman–Crippen LogP) is 3.89. The van der Waals surface area contributed by atoms with Crippen molar-refractivity contribution in [1.82, 2.24) is 9.88 Å². The summed E-state index contributed by atoms with van der Waals surface area (Å²) < 4.78 is 18.5. The van der Waals surface area contributed by atoms with Crippen LogP contribution in [0.25, 0.3) is 0 Å². The number of carbonyl (C=O) groups excluding carboxylic acids is 1. The van der Waals surface area contributed by atoms with E-state index in [9.17, 15) is 9.18 Å². The largest absolute Gasteiger partial charge is 0.467 e. The first kappa shape index (κ1) is 19.1. The van der Waals surface area contributed by atoms with Gasteiger partial charge in [-0.15, -0.1) is 5.10 Å². The molecule has 1 fully saturated rings. The first-order valence-corrected chi connectivity index (χ1v) is 9.83. The van der Waals surface area contributed by atoms with Gasteiger partial charge in [-0.25, -0.2) is 4.39 Å². The van der Waals surface area contributed by atoms with Crippen LogP contribution in [0.2, 0.25) is 0 Å². The Morgan fingerprint density at radius 1 is 1.21 bits per heavy atom. The quantitative estimate of drug-likeness (QED) is 0.458. The van der Waals surface area contributed by atoms with E-state index < -0.39 is 0 Å². The Kier molecular flexibility index (Phi) is 5.81. The molecule has 1 aromatic carbocycles. The van der Waals surface area contributed by atoms with Gasteiger partial charge < -0.3 is 4.42 Å². The van der Waals surface area contributed by atoms with Crippen molar-refractivity contribution in [3.8, 4) is 0 Å². The Morgan fingerprint density at radius 3 is 2.79 bits per heavy atom. The minimum Gasteiger partial charge on any atom is -0.467 e. The third kappa shape index (κ3) is 4.78. The van der Waals surface area contributed by atoms with Crippen LogP contribution in [0.4, 0.5) is 4.39 Å². The molecule has 8 heteroatoms. The highest BCUT2D eigenvalue weighted by atomic mass is 32.2. The van der Waals surface area contributed by atoms with Crippen molar-refractivity contribution in [2.45, 2.75) is 18.2 Å². The van der Waals surface area contributed by atoms with E-state index in [0.29, 0.717) is 17.3 Å². The number of benzene rings is 1. The number of hydrogen-bond donors (Lipinski definition) is 0. The second kappa shape index (κ2) is 8.83.